The molecule has 9 heteroatoms. The van der Waals surface area contributed by atoms with Crippen molar-refractivity contribution < 1.29 is 17.6 Å². The Kier molecular flexibility index (Phi) is 6.89. The predicted octanol–water partition coefficient (Wildman–Crippen LogP) is 2.66. The fourth-order valence-corrected chi connectivity index (χ4v) is 4.94. The number of amides is 1. The first kappa shape index (κ1) is 21.7. The number of nitrogens with one attached hydrogen (secondary N) is 1. The molecule has 6 nitrogen and oxygen atoms in total. The van der Waals surface area contributed by atoms with E-state index in [1.807, 2.05) is 25.1 Å². The van der Waals surface area contributed by atoms with Gasteiger partial charge in [-0.25, -0.2) is 12.8 Å². The third kappa shape index (κ3) is 5.14. The van der Waals surface area contributed by atoms with Crippen LogP contribution >= 0.6 is 11.6 Å². The van der Waals surface area contributed by atoms with Crippen molar-refractivity contribution in [3.8, 4) is 0 Å². The highest BCUT2D eigenvalue weighted by Gasteiger charge is 2.30. The molecule has 1 aliphatic rings. The van der Waals surface area contributed by atoms with Crippen LogP contribution in [0.25, 0.3) is 0 Å². The van der Waals surface area contributed by atoms with E-state index >= 15 is 0 Å². The van der Waals surface area contributed by atoms with E-state index in [1.165, 1.54) is 16.4 Å². The molecule has 1 unspecified atom stereocenters. The topological polar surface area (TPSA) is 69.7 Å². The number of nitrogens with zero attached hydrogens (tertiary/aromatic N) is 2. The molecule has 0 saturated carbocycles. The first-order valence-electron chi connectivity index (χ1n) is 9.30. The molecule has 0 bridgehead atoms. The van der Waals surface area contributed by atoms with Crippen LogP contribution in [0.4, 0.5) is 4.39 Å². The molecule has 2 aromatic carbocycles. The van der Waals surface area contributed by atoms with Crippen LogP contribution in [0.5, 0.6) is 0 Å². The summed E-state index contributed by atoms with van der Waals surface area (Å²) in [5.74, 6) is -0.583. The zero-order valence-electron chi connectivity index (χ0n) is 16.0. The van der Waals surface area contributed by atoms with Crippen molar-refractivity contribution in [3.05, 3.63) is 64.9 Å². The summed E-state index contributed by atoms with van der Waals surface area (Å²) in [6.07, 6.45) is 0. The van der Waals surface area contributed by atoms with Crippen molar-refractivity contribution in [1.29, 1.82) is 0 Å². The Balaban J connectivity index is 1.53. The Morgan fingerprint density at radius 3 is 2.34 bits per heavy atom. The number of carbonyl (C=O) groups is 1. The normalized spacial score (nSPS) is 16.6. The summed E-state index contributed by atoms with van der Waals surface area (Å²) in [5.41, 5.74) is 0.914. The minimum atomic E-state index is -3.70. The van der Waals surface area contributed by atoms with E-state index in [2.05, 4.69) is 5.32 Å². The lowest BCUT2D eigenvalue weighted by molar-refractivity contribution is -0.131. The number of carbonyl (C=O) groups excluding carboxylic acids is 1. The maximum absolute atomic E-state index is 13.1. The summed E-state index contributed by atoms with van der Waals surface area (Å²) in [6, 6.07) is 12.1. The lowest BCUT2D eigenvalue weighted by Crippen LogP contribution is -2.52. The smallest absolute Gasteiger partial charge is 0.243 e. The van der Waals surface area contributed by atoms with Crippen molar-refractivity contribution in [2.45, 2.75) is 17.9 Å². The van der Waals surface area contributed by atoms with Crippen molar-refractivity contribution in [3.63, 3.8) is 0 Å². The molecule has 1 heterocycles. The Morgan fingerprint density at radius 1 is 1.10 bits per heavy atom. The summed E-state index contributed by atoms with van der Waals surface area (Å²) in [7, 11) is -3.70. The minimum absolute atomic E-state index is 0.0499. The summed E-state index contributed by atoms with van der Waals surface area (Å²) in [6.45, 7) is 3.08. The fourth-order valence-electron chi connectivity index (χ4n) is 3.22. The van der Waals surface area contributed by atoms with E-state index in [4.69, 9.17) is 11.6 Å². The number of rotatable bonds is 6. The highest BCUT2D eigenvalue weighted by molar-refractivity contribution is 7.89. The third-order valence-electron chi connectivity index (χ3n) is 4.97. The molecule has 2 aromatic rings. The van der Waals surface area contributed by atoms with Crippen LogP contribution in [0.2, 0.25) is 5.02 Å². The third-order valence-corrected chi connectivity index (χ3v) is 7.23. The largest absolute Gasteiger partial charge is 0.339 e. The predicted molar refractivity (Wildman–Crippen MR) is 110 cm³/mol. The highest BCUT2D eigenvalue weighted by Crippen LogP contribution is 2.22. The molecule has 0 radical (unpaired) electrons. The van der Waals surface area contributed by atoms with Crippen LogP contribution in [0.3, 0.4) is 0 Å². The van der Waals surface area contributed by atoms with Gasteiger partial charge in [0.25, 0.3) is 0 Å². The second-order valence-corrected chi connectivity index (χ2v) is 9.21. The first-order chi connectivity index (χ1) is 13.8. The summed E-state index contributed by atoms with van der Waals surface area (Å²) in [4.78, 5) is 14.2. The van der Waals surface area contributed by atoms with E-state index in [0.29, 0.717) is 18.1 Å². The van der Waals surface area contributed by atoms with Crippen molar-refractivity contribution in [1.82, 2.24) is 14.5 Å². The molecule has 1 N–H and O–H groups in total. The molecule has 1 atom stereocenters. The van der Waals surface area contributed by atoms with Gasteiger partial charge in [-0.05, 0) is 42.8 Å². The Morgan fingerprint density at radius 2 is 1.72 bits per heavy atom. The standard InChI is InChI=1S/C20H23ClFN3O3S/c1-15(18-4-2-3-5-19(18)21)23-14-20(26)24-10-12-25(13-11-24)29(27,28)17-8-6-16(22)7-9-17/h2-9,15,23H,10-14H2,1H3. The molecule has 3 rings (SSSR count). The Bertz CT molecular complexity index is 961. The molecule has 156 valence electrons. The molecule has 1 aliphatic heterocycles. The Labute approximate surface area is 175 Å². The maximum atomic E-state index is 13.1. The maximum Gasteiger partial charge on any atom is 0.243 e. The monoisotopic (exact) mass is 439 g/mol. The lowest BCUT2D eigenvalue weighted by atomic mass is 10.1. The molecule has 0 spiro atoms. The number of hydrogen-bond acceptors (Lipinski definition) is 4. The quantitative estimate of drug-likeness (QED) is 0.751. The zero-order valence-corrected chi connectivity index (χ0v) is 17.6. The van der Waals surface area contributed by atoms with Gasteiger partial charge < -0.3 is 10.2 Å². The first-order valence-corrected chi connectivity index (χ1v) is 11.1. The van der Waals surface area contributed by atoms with Crippen molar-refractivity contribution >= 4 is 27.5 Å². The van der Waals surface area contributed by atoms with E-state index in [-0.39, 0.29) is 36.5 Å². The van der Waals surface area contributed by atoms with Gasteiger partial charge in [0.2, 0.25) is 15.9 Å². The summed E-state index contributed by atoms with van der Waals surface area (Å²) < 4.78 is 39.7. The van der Waals surface area contributed by atoms with Gasteiger partial charge in [0.1, 0.15) is 5.82 Å². The summed E-state index contributed by atoms with van der Waals surface area (Å²) >= 11 is 6.18. The van der Waals surface area contributed by atoms with E-state index in [0.717, 1.165) is 17.7 Å². The molecule has 1 saturated heterocycles. The van der Waals surface area contributed by atoms with Gasteiger partial charge in [0, 0.05) is 37.2 Å². The van der Waals surface area contributed by atoms with Gasteiger partial charge in [-0.2, -0.15) is 4.31 Å². The van der Waals surface area contributed by atoms with Crippen LogP contribution in [-0.4, -0.2) is 56.3 Å². The second-order valence-electron chi connectivity index (χ2n) is 6.86. The van der Waals surface area contributed by atoms with Crippen LogP contribution in [0.1, 0.15) is 18.5 Å². The number of sulfonamides is 1. The SMILES string of the molecule is CC(NCC(=O)N1CCN(S(=O)(=O)c2ccc(F)cc2)CC1)c1ccccc1Cl. The van der Waals surface area contributed by atoms with Gasteiger partial charge in [-0.3, -0.25) is 4.79 Å². The number of hydrogen-bond donors (Lipinski definition) is 1. The molecular weight excluding hydrogens is 417 g/mol. The van der Waals surface area contributed by atoms with Gasteiger partial charge in [-0.15, -0.1) is 0 Å². The molecule has 1 fully saturated rings. The van der Waals surface area contributed by atoms with E-state index in [1.54, 1.807) is 11.0 Å². The fraction of sp³-hybridized carbons (Fsp3) is 0.350. The van der Waals surface area contributed by atoms with Gasteiger partial charge in [-0.1, -0.05) is 29.8 Å². The van der Waals surface area contributed by atoms with E-state index in [9.17, 15) is 17.6 Å². The average molecular weight is 440 g/mol. The van der Waals surface area contributed by atoms with Crippen LogP contribution in [-0.2, 0) is 14.8 Å². The number of halogens is 2. The highest BCUT2D eigenvalue weighted by atomic mass is 35.5. The van der Waals surface area contributed by atoms with Gasteiger partial charge in [0.05, 0.1) is 11.4 Å². The zero-order chi connectivity index (χ0) is 21.0. The Hall–Kier alpha value is -2.00. The minimum Gasteiger partial charge on any atom is -0.339 e. The average Bonchev–Trinajstić information content (AvgIpc) is 2.72. The number of benzene rings is 2. The molecule has 0 aromatic heterocycles. The van der Waals surface area contributed by atoms with Crippen molar-refractivity contribution in [2.24, 2.45) is 0 Å². The molecule has 29 heavy (non-hydrogen) atoms. The van der Waals surface area contributed by atoms with E-state index < -0.39 is 15.8 Å². The number of piperazine rings is 1. The lowest BCUT2D eigenvalue weighted by Gasteiger charge is -2.34. The van der Waals surface area contributed by atoms with Gasteiger partial charge in [0.15, 0.2) is 0 Å². The summed E-state index contributed by atoms with van der Waals surface area (Å²) in [5, 5.41) is 3.80. The van der Waals surface area contributed by atoms with Crippen molar-refractivity contribution in [2.75, 3.05) is 32.7 Å². The van der Waals surface area contributed by atoms with Gasteiger partial charge >= 0.3 is 0 Å². The van der Waals surface area contributed by atoms with Crippen LogP contribution in [0, 0.1) is 5.82 Å². The van der Waals surface area contributed by atoms with Crippen LogP contribution in [0.15, 0.2) is 53.4 Å². The van der Waals surface area contributed by atoms with Crippen LogP contribution < -0.4 is 5.32 Å². The molecule has 1 amide bonds. The second kappa shape index (κ2) is 9.21. The molecule has 0 aliphatic carbocycles. The molecular formula is C20H23ClFN3O3S.